The van der Waals surface area contributed by atoms with Crippen molar-refractivity contribution in [1.29, 1.82) is 0 Å². The number of aromatic nitrogens is 2. The number of hydrogen-bond acceptors (Lipinski definition) is 4. The first-order valence-corrected chi connectivity index (χ1v) is 5.10. The summed E-state index contributed by atoms with van der Waals surface area (Å²) in [5, 5.41) is 3.16. The molecule has 15 heavy (non-hydrogen) atoms. The zero-order valence-corrected chi connectivity index (χ0v) is 9.23. The minimum Gasteiger partial charge on any atom is -0.478 e. The number of ether oxygens (including phenoxy) is 1. The smallest absolute Gasteiger partial charge is 0.218 e. The Hall–Kier alpha value is -1.58. The number of nitrogens with zero attached hydrogens (tertiary/aromatic N) is 2. The second kappa shape index (κ2) is 6.01. The fraction of sp³-hybridized carbons (Fsp3) is 0.455. The molecule has 0 bridgehead atoms. The molecular weight excluding hydrogens is 190 g/mol. The van der Waals surface area contributed by atoms with Gasteiger partial charge in [0, 0.05) is 12.1 Å². The topological polar surface area (TPSA) is 47.0 Å². The van der Waals surface area contributed by atoms with Gasteiger partial charge in [-0.15, -0.1) is 6.58 Å². The second-order valence-corrected chi connectivity index (χ2v) is 3.26. The van der Waals surface area contributed by atoms with Crippen molar-refractivity contribution in [2.75, 3.05) is 11.9 Å². The highest BCUT2D eigenvalue weighted by Gasteiger charge is 2.01. The van der Waals surface area contributed by atoms with E-state index in [4.69, 9.17) is 4.74 Å². The predicted molar refractivity (Wildman–Crippen MR) is 61.1 cm³/mol. The van der Waals surface area contributed by atoms with Crippen LogP contribution in [0.15, 0.2) is 25.0 Å². The minimum atomic E-state index is 0.180. The van der Waals surface area contributed by atoms with Crippen LogP contribution < -0.4 is 10.1 Å². The van der Waals surface area contributed by atoms with E-state index in [-0.39, 0.29) is 6.04 Å². The summed E-state index contributed by atoms with van der Waals surface area (Å²) in [6.07, 6.45) is 4.27. The zero-order chi connectivity index (χ0) is 11.1. The Kier molecular flexibility index (Phi) is 4.60. The van der Waals surface area contributed by atoms with Crippen molar-refractivity contribution in [2.24, 2.45) is 0 Å². The largest absolute Gasteiger partial charge is 0.478 e. The van der Waals surface area contributed by atoms with Crippen molar-refractivity contribution in [1.82, 2.24) is 9.97 Å². The quantitative estimate of drug-likeness (QED) is 0.727. The van der Waals surface area contributed by atoms with Gasteiger partial charge in [-0.2, -0.15) is 0 Å². The number of nitrogens with one attached hydrogen (secondary N) is 1. The average Bonchev–Trinajstić information content (AvgIpc) is 2.26. The lowest BCUT2D eigenvalue weighted by Crippen LogP contribution is -2.12. The van der Waals surface area contributed by atoms with E-state index < -0.39 is 0 Å². The Balaban J connectivity index is 2.61. The first kappa shape index (κ1) is 11.5. The molecule has 1 rings (SSSR count). The Morgan fingerprint density at radius 3 is 3.07 bits per heavy atom. The van der Waals surface area contributed by atoms with Crippen LogP contribution in [0.2, 0.25) is 0 Å². The monoisotopic (exact) mass is 207 g/mol. The van der Waals surface area contributed by atoms with E-state index in [0.717, 1.165) is 12.2 Å². The van der Waals surface area contributed by atoms with Crippen LogP contribution in [-0.2, 0) is 0 Å². The summed E-state index contributed by atoms with van der Waals surface area (Å²) in [4.78, 5) is 8.10. The summed E-state index contributed by atoms with van der Waals surface area (Å²) in [5.41, 5.74) is 0. The molecule has 1 unspecified atom stereocenters. The normalized spacial score (nSPS) is 11.9. The van der Waals surface area contributed by atoms with Crippen molar-refractivity contribution in [2.45, 2.75) is 26.3 Å². The molecule has 4 heteroatoms. The Morgan fingerprint density at radius 2 is 2.40 bits per heavy atom. The summed E-state index contributed by atoms with van der Waals surface area (Å²) >= 11 is 0. The zero-order valence-electron chi connectivity index (χ0n) is 9.23. The number of rotatable bonds is 6. The molecule has 1 aromatic rings. The van der Waals surface area contributed by atoms with Crippen LogP contribution in [0.25, 0.3) is 0 Å². The van der Waals surface area contributed by atoms with E-state index in [1.165, 1.54) is 6.33 Å². The Labute approximate surface area is 90.4 Å². The summed E-state index contributed by atoms with van der Waals surface area (Å²) in [5.74, 6) is 1.36. The molecule has 1 N–H and O–H groups in total. The van der Waals surface area contributed by atoms with E-state index in [9.17, 15) is 0 Å². The van der Waals surface area contributed by atoms with Crippen LogP contribution >= 0.6 is 0 Å². The number of hydrogen-bond donors (Lipinski definition) is 1. The molecule has 82 valence electrons. The molecule has 1 aromatic heterocycles. The van der Waals surface area contributed by atoms with Crippen LogP contribution in [-0.4, -0.2) is 22.6 Å². The summed E-state index contributed by atoms with van der Waals surface area (Å²) in [7, 11) is 0. The highest BCUT2D eigenvalue weighted by Crippen LogP contribution is 2.12. The van der Waals surface area contributed by atoms with Crippen molar-refractivity contribution in [3.8, 4) is 5.88 Å². The fourth-order valence-corrected chi connectivity index (χ4v) is 0.996. The van der Waals surface area contributed by atoms with Crippen LogP contribution in [0.3, 0.4) is 0 Å². The van der Waals surface area contributed by atoms with Gasteiger partial charge in [-0.05, 0) is 13.3 Å². The fourth-order valence-electron chi connectivity index (χ4n) is 0.996. The Morgan fingerprint density at radius 1 is 1.60 bits per heavy atom. The van der Waals surface area contributed by atoms with Crippen molar-refractivity contribution < 1.29 is 4.74 Å². The molecule has 1 heterocycles. The van der Waals surface area contributed by atoms with Crippen molar-refractivity contribution in [3.63, 3.8) is 0 Å². The molecule has 0 aliphatic heterocycles. The molecule has 0 saturated carbocycles. The molecule has 1 atom stereocenters. The average molecular weight is 207 g/mol. The lowest BCUT2D eigenvalue weighted by Gasteiger charge is -2.10. The van der Waals surface area contributed by atoms with Crippen molar-refractivity contribution in [3.05, 3.63) is 25.0 Å². The highest BCUT2D eigenvalue weighted by atomic mass is 16.5. The summed E-state index contributed by atoms with van der Waals surface area (Å²) in [6, 6.07) is 1.97. The third kappa shape index (κ3) is 3.97. The van der Waals surface area contributed by atoms with Gasteiger partial charge in [-0.25, -0.2) is 9.97 Å². The van der Waals surface area contributed by atoms with Gasteiger partial charge < -0.3 is 10.1 Å². The van der Waals surface area contributed by atoms with E-state index in [2.05, 4.69) is 28.8 Å². The van der Waals surface area contributed by atoms with Gasteiger partial charge in [0.25, 0.3) is 0 Å². The first-order valence-electron chi connectivity index (χ1n) is 5.10. The minimum absolute atomic E-state index is 0.180. The highest BCUT2D eigenvalue weighted by molar-refractivity contribution is 5.38. The van der Waals surface area contributed by atoms with Crippen LogP contribution in [0, 0.1) is 0 Å². The molecule has 0 aliphatic carbocycles. The van der Waals surface area contributed by atoms with E-state index in [1.807, 2.05) is 13.0 Å². The Bertz CT molecular complexity index is 314. The third-order valence-electron chi connectivity index (χ3n) is 1.83. The van der Waals surface area contributed by atoms with Gasteiger partial charge in [0.15, 0.2) is 0 Å². The second-order valence-electron chi connectivity index (χ2n) is 3.26. The van der Waals surface area contributed by atoms with Gasteiger partial charge in [-0.1, -0.05) is 13.0 Å². The molecule has 0 amide bonds. The molecule has 0 spiro atoms. The van der Waals surface area contributed by atoms with E-state index >= 15 is 0 Å². The molecular formula is C11H17N3O. The molecule has 0 fully saturated rings. The summed E-state index contributed by atoms with van der Waals surface area (Å²) in [6.45, 7) is 8.42. The van der Waals surface area contributed by atoms with E-state index in [0.29, 0.717) is 12.5 Å². The standard InChI is InChI=1S/C11H17N3O/c1-4-6-15-11-7-10(12-8-13-11)14-9(3)5-2/h5,7-9H,2,4,6H2,1,3H3,(H,12,13,14). The lowest BCUT2D eigenvalue weighted by atomic mass is 10.3. The lowest BCUT2D eigenvalue weighted by molar-refractivity contribution is 0.305. The third-order valence-corrected chi connectivity index (χ3v) is 1.83. The van der Waals surface area contributed by atoms with Gasteiger partial charge >= 0.3 is 0 Å². The van der Waals surface area contributed by atoms with Gasteiger partial charge in [-0.3, -0.25) is 0 Å². The van der Waals surface area contributed by atoms with Crippen LogP contribution in [0.5, 0.6) is 5.88 Å². The van der Waals surface area contributed by atoms with Gasteiger partial charge in [0.1, 0.15) is 12.1 Å². The molecule has 0 aromatic carbocycles. The van der Waals surface area contributed by atoms with E-state index in [1.54, 1.807) is 6.07 Å². The van der Waals surface area contributed by atoms with Crippen LogP contribution in [0.4, 0.5) is 5.82 Å². The van der Waals surface area contributed by atoms with Gasteiger partial charge in [0.2, 0.25) is 5.88 Å². The first-order chi connectivity index (χ1) is 7.26. The molecule has 0 radical (unpaired) electrons. The molecule has 4 nitrogen and oxygen atoms in total. The predicted octanol–water partition coefficient (Wildman–Crippen LogP) is 2.25. The number of anilines is 1. The SMILES string of the molecule is C=CC(C)Nc1cc(OCCC)ncn1. The van der Waals surface area contributed by atoms with Crippen LogP contribution in [0.1, 0.15) is 20.3 Å². The molecule has 0 saturated heterocycles. The van der Waals surface area contributed by atoms with Gasteiger partial charge in [0.05, 0.1) is 6.61 Å². The molecule has 0 aliphatic rings. The summed E-state index contributed by atoms with van der Waals surface area (Å²) < 4.78 is 5.39. The maximum atomic E-state index is 5.39. The maximum absolute atomic E-state index is 5.39. The van der Waals surface area contributed by atoms with Crippen molar-refractivity contribution >= 4 is 5.82 Å². The maximum Gasteiger partial charge on any atom is 0.218 e.